The van der Waals surface area contributed by atoms with E-state index in [2.05, 4.69) is 11.9 Å². The van der Waals surface area contributed by atoms with Gasteiger partial charge in [-0.2, -0.15) is 0 Å². The molecule has 1 aromatic heterocycles. The fraction of sp³-hybridized carbons (Fsp3) is 0.355. The standard InChI is InChI=1S/C31H32N2O8S/c1-5-7-12-39-21-10-8-19(15-23(21)38-6-2)26-25(27(35)20-9-11-22-24(16-20)41-14-13-40-22)28(36)30(37)33(26)31-32-17(3)29(42-31)18(4)34/h8-11,15-16,26,35H,5-7,12-14H2,1-4H3/t26-/m1/s1. The summed E-state index contributed by atoms with van der Waals surface area (Å²) < 4.78 is 23.1. The summed E-state index contributed by atoms with van der Waals surface area (Å²) in [6, 6.07) is 8.93. The third kappa shape index (κ3) is 5.44. The zero-order valence-electron chi connectivity index (χ0n) is 23.9. The average Bonchev–Trinajstić information content (AvgIpc) is 3.49. The molecule has 220 valence electrons. The molecule has 5 rings (SSSR count). The van der Waals surface area contributed by atoms with E-state index in [0.717, 1.165) is 24.2 Å². The van der Waals surface area contributed by atoms with E-state index >= 15 is 0 Å². The minimum absolute atomic E-state index is 0.129. The number of hydrogen-bond donors (Lipinski definition) is 1. The maximum atomic E-state index is 13.6. The molecule has 1 N–H and O–H groups in total. The van der Waals surface area contributed by atoms with Crippen LogP contribution in [-0.4, -0.2) is 54.0 Å². The van der Waals surface area contributed by atoms with Crippen LogP contribution >= 0.6 is 11.3 Å². The third-order valence-corrected chi connectivity index (χ3v) is 8.17. The number of unbranched alkanes of at least 4 members (excludes halogenated alkanes) is 1. The minimum atomic E-state index is -1.06. The van der Waals surface area contributed by atoms with Crippen LogP contribution < -0.4 is 23.8 Å². The summed E-state index contributed by atoms with van der Waals surface area (Å²) in [6.45, 7) is 8.62. The van der Waals surface area contributed by atoms with E-state index in [4.69, 9.17) is 18.9 Å². The van der Waals surface area contributed by atoms with Gasteiger partial charge in [0.15, 0.2) is 33.9 Å². The Hall–Kier alpha value is -4.38. The summed E-state index contributed by atoms with van der Waals surface area (Å²) in [4.78, 5) is 45.6. The van der Waals surface area contributed by atoms with Crippen molar-refractivity contribution in [1.82, 2.24) is 4.98 Å². The summed E-state index contributed by atoms with van der Waals surface area (Å²) in [5, 5.41) is 11.8. The number of rotatable bonds is 10. The highest BCUT2D eigenvalue weighted by Gasteiger charge is 2.48. The predicted molar refractivity (Wildman–Crippen MR) is 157 cm³/mol. The van der Waals surface area contributed by atoms with Crippen LogP contribution in [0.5, 0.6) is 23.0 Å². The zero-order chi connectivity index (χ0) is 30.0. The second-order valence-electron chi connectivity index (χ2n) is 9.84. The largest absolute Gasteiger partial charge is 0.507 e. The number of benzene rings is 2. The van der Waals surface area contributed by atoms with E-state index < -0.39 is 17.7 Å². The van der Waals surface area contributed by atoms with Gasteiger partial charge in [-0.3, -0.25) is 19.3 Å². The Morgan fingerprint density at radius 1 is 1.07 bits per heavy atom. The van der Waals surface area contributed by atoms with Crippen LogP contribution in [0.1, 0.15) is 66.1 Å². The highest BCUT2D eigenvalue weighted by molar-refractivity contribution is 7.18. The van der Waals surface area contributed by atoms with Crippen molar-refractivity contribution in [2.75, 3.05) is 31.3 Å². The molecule has 1 atom stereocenters. The van der Waals surface area contributed by atoms with E-state index in [0.29, 0.717) is 65.6 Å². The van der Waals surface area contributed by atoms with Gasteiger partial charge in [0.25, 0.3) is 5.78 Å². The van der Waals surface area contributed by atoms with Crippen LogP contribution in [0.25, 0.3) is 5.76 Å². The molecular formula is C31H32N2O8S. The third-order valence-electron chi connectivity index (χ3n) is 6.91. The molecule has 0 bridgehead atoms. The molecule has 0 saturated carbocycles. The Morgan fingerprint density at radius 3 is 2.52 bits per heavy atom. The molecule has 0 radical (unpaired) electrons. The van der Waals surface area contributed by atoms with E-state index in [1.165, 1.54) is 11.8 Å². The minimum Gasteiger partial charge on any atom is -0.507 e. The van der Waals surface area contributed by atoms with Crippen molar-refractivity contribution < 1.29 is 38.4 Å². The Bertz CT molecular complexity index is 1580. The normalized spacial score (nSPS) is 17.4. The summed E-state index contributed by atoms with van der Waals surface area (Å²) >= 11 is 1.02. The number of Topliss-reactive ketones (excluding diaryl/α,β-unsaturated/α-hetero) is 2. The van der Waals surface area contributed by atoms with Crippen molar-refractivity contribution >= 4 is 39.7 Å². The number of anilines is 1. The number of carbonyl (C=O) groups is 3. The molecular weight excluding hydrogens is 560 g/mol. The van der Waals surface area contributed by atoms with Crippen LogP contribution in [0, 0.1) is 6.92 Å². The van der Waals surface area contributed by atoms with Gasteiger partial charge in [-0.25, -0.2) is 4.98 Å². The second kappa shape index (κ2) is 12.2. The lowest BCUT2D eigenvalue weighted by Gasteiger charge is -2.24. The number of carbonyl (C=O) groups excluding carboxylic acids is 3. The lowest BCUT2D eigenvalue weighted by molar-refractivity contribution is -0.132. The number of thiazole rings is 1. The molecule has 2 aliphatic rings. The van der Waals surface area contributed by atoms with Crippen molar-refractivity contribution in [3.05, 3.63) is 63.7 Å². The number of aryl methyl sites for hydroxylation is 1. The SMILES string of the molecule is CCCCOc1ccc([C@@H]2C(=C(O)c3ccc4c(c3)OCCO4)C(=O)C(=O)N2c2nc(C)c(C(C)=O)s2)cc1OCC. The van der Waals surface area contributed by atoms with Crippen LogP contribution in [0.4, 0.5) is 5.13 Å². The highest BCUT2D eigenvalue weighted by atomic mass is 32.1. The Morgan fingerprint density at radius 2 is 1.83 bits per heavy atom. The molecule has 42 heavy (non-hydrogen) atoms. The smallest absolute Gasteiger partial charge is 0.301 e. The number of aliphatic hydroxyl groups is 1. The van der Waals surface area contributed by atoms with Gasteiger partial charge in [-0.05, 0) is 56.2 Å². The van der Waals surface area contributed by atoms with Gasteiger partial charge in [-0.15, -0.1) is 0 Å². The molecule has 2 aromatic carbocycles. The maximum Gasteiger partial charge on any atom is 0.301 e. The average molecular weight is 593 g/mol. The van der Waals surface area contributed by atoms with Crippen molar-refractivity contribution in [3.8, 4) is 23.0 Å². The first-order valence-corrected chi connectivity index (χ1v) is 14.7. The van der Waals surface area contributed by atoms with Gasteiger partial charge in [0.1, 0.15) is 19.0 Å². The molecule has 3 aromatic rings. The Balaban J connectivity index is 1.68. The molecule has 1 amide bonds. The lowest BCUT2D eigenvalue weighted by Crippen LogP contribution is -2.29. The van der Waals surface area contributed by atoms with Crippen LogP contribution in [0.15, 0.2) is 42.0 Å². The van der Waals surface area contributed by atoms with Crippen LogP contribution in [0.2, 0.25) is 0 Å². The molecule has 0 unspecified atom stereocenters. The quantitative estimate of drug-likeness (QED) is 0.105. The number of ether oxygens (including phenoxy) is 4. The highest BCUT2D eigenvalue weighted by Crippen LogP contribution is 2.46. The molecule has 2 aliphatic heterocycles. The number of fused-ring (bicyclic) bond motifs is 1. The van der Waals surface area contributed by atoms with Crippen LogP contribution in [-0.2, 0) is 9.59 Å². The number of amides is 1. The van der Waals surface area contributed by atoms with Crippen molar-refractivity contribution in [1.29, 1.82) is 0 Å². The maximum absolute atomic E-state index is 13.6. The topological polar surface area (TPSA) is 124 Å². The Kier molecular flexibility index (Phi) is 8.49. The zero-order valence-corrected chi connectivity index (χ0v) is 24.7. The Labute approximate surface area is 247 Å². The fourth-order valence-corrected chi connectivity index (χ4v) is 5.90. The molecule has 0 aliphatic carbocycles. The number of aliphatic hydroxyl groups excluding tert-OH is 1. The van der Waals surface area contributed by atoms with Gasteiger partial charge in [0.2, 0.25) is 0 Å². The van der Waals surface area contributed by atoms with Gasteiger partial charge in [0, 0.05) is 12.5 Å². The van der Waals surface area contributed by atoms with Crippen molar-refractivity contribution in [3.63, 3.8) is 0 Å². The number of nitrogens with zero attached hydrogens (tertiary/aromatic N) is 2. The van der Waals surface area contributed by atoms with Crippen molar-refractivity contribution in [2.24, 2.45) is 0 Å². The molecule has 3 heterocycles. The van der Waals surface area contributed by atoms with E-state index in [1.807, 2.05) is 6.92 Å². The molecule has 10 nitrogen and oxygen atoms in total. The second-order valence-corrected chi connectivity index (χ2v) is 10.8. The summed E-state index contributed by atoms with van der Waals surface area (Å²) in [5.74, 6) is -0.422. The van der Waals surface area contributed by atoms with Gasteiger partial charge in [-0.1, -0.05) is 30.7 Å². The van der Waals surface area contributed by atoms with Gasteiger partial charge in [0.05, 0.1) is 35.4 Å². The molecule has 1 fully saturated rings. The fourth-order valence-electron chi connectivity index (χ4n) is 4.91. The van der Waals surface area contributed by atoms with Crippen LogP contribution in [0.3, 0.4) is 0 Å². The first kappa shape index (κ1) is 29.1. The summed E-state index contributed by atoms with van der Waals surface area (Å²) in [6.07, 6.45) is 1.83. The number of ketones is 2. The summed E-state index contributed by atoms with van der Waals surface area (Å²) in [7, 11) is 0. The monoisotopic (exact) mass is 592 g/mol. The predicted octanol–water partition coefficient (Wildman–Crippen LogP) is 5.63. The lowest BCUT2D eigenvalue weighted by atomic mass is 9.95. The number of aromatic nitrogens is 1. The number of hydrogen-bond acceptors (Lipinski definition) is 10. The van der Waals surface area contributed by atoms with Crippen molar-refractivity contribution in [2.45, 2.75) is 46.6 Å². The van der Waals surface area contributed by atoms with E-state index in [-0.39, 0.29) is 27.8 Å². The first-order chi connectivity index (χ1) is 20.2. The molecule has 11 heteroatoms. The van der Waals surface area contributed by atoms with Gasteiger partial charge >= 0.3 is 5.91 Å². The van der Waals surface area contributed by atoms with E-state index in [9.17, 15) is 19.5 Å². The molecule has 0 spiro atoms. The molecule has 1 saturated heterocycles. The summed E-state index contributed by atoms with van der Waals surface area (Å²) in [5.41, 5.74) is 1.10. The first-order valence-electron chi connectivity index (χ1n) is 13.8. The van der Waals surface area contributed by atoms with E-state index in [1.54, 1.807) is 43.3 Å². The van der Waals surface area contributed by atoms with Gasteiger partial charge < -0.3 is 24.1 Å².